The van der Waals surface area contributed by atoms with E-state index in [-0.39, 0.29) is 5.92 Å². The molecule has 3 aromatic rings. The van der Waals surface area contributed by atoms with Crippen molar-refractivity contribution in [3.63, 3.8) is 0 Å². The van der Waals surface area contributed by atoms with Gasteiger partial charge in [-0.25, -0.2) is 4.39 Å². The average Bonchev–Trinajstić information content (AvgIpc) is 3.66. The first kappa shape index (κ1) is 23.7. The van der Waals surface area contributed by atoms with Crippen LogP contribution in [0.3, 0.4) is 0 Å². The molecule has 1 fully saturated rings. The van der Waals surface area contributed by atoms with Gasteiger partial charge in [-0.3, -0.25) is 9.78 Å². The first-order valence-electron chi connectivity index (χ1n) is 10.7. The number of carbonyl (C=O) groups is 1. The molecule has 172 valence electrons. The topological polar surface area (TPSA) is 96.7 Å². The highest BCUT2D eigenvalue weighted by atomic mass is 31.1. The molecule has 0 bridgehead atoms. The minimum absolute atomic E-state index is 0.0418. The van der Waals surface area contributed by atoms with Gasteiger partial charge in [-0.15, -0.1) is 0 Å². The third-order valence-corrected chi connectivity index (χ3v) is 6.80. The quantitative estimate of drug-likeness (QED) is 0.266. The van der Waals surface area contributed by atoms with Crippen LogP contribution in [-0.2, 0) is 14.1 Å². The molecule has 4 rings (SSSR count). The molecule has 0 saturated heterocycles. The van der Waals surface area contributed by atoms with Crippen molar-refractivity contribution in [2.24, 2.45) is 0 Å². The highest BCUT2D eigenvalue weighted by Gasteiger charge is 2.45. The summed E-state index contributed by atoms with van der Waals surface area (Å²) in [7, 11) is -2.98. The molecule has 1 aromatic heterocycles. The molecule has 1 heterocycles. The molecule has 0 amide bonds. The summed E-state index contributed by atoms with van der Waals surface area (Å²) in [5, 5.41) is 10.9. The van der Waals surface area contributed by atoms with Crippen LogP contribution in [0.25, 0.3) is 22.4 Å². The number of aliphatic hydroxyl groups excluding tert-OH is 1. The Hall–Kier alpha value is -3.43. The van der Waals surface area contributed by atoms with Gasteiger partial charge in [0.25, 0.3) is 0 Å². The lowest BCUT2D eigenvalue weighted by molar-refractivity contribution is -0.139. The number of benzene rings is 2. The van der Waals surface area contributed by atoms with Crippen molar-refractivity contribution in [3.05, 3.63) is 77.7 Å². The summed E-state index contributed by atoms with van der Waals surface area (Å²) in [4.78, 5) is 27.0. The van der Waals surface area contributed by atoms with Crippen molar-refractivity contribution in [2.75, 3.05) is 0 Å². The molecule has 1 aliphatic carbocycles. The number of nitrogens with zero attached hydrogens (tertiary/aromatic N) is 1. The predicted molar refractivity (Wildman–Crippen MR) is 125 cm³/mol. The first-order chi connectivity index (χ1) is 16.4. The van der Waals surface area contributed by atoms with Gasteiger partial charge in [-0.2, -0.15) is 4.89 Å². The van der Waals surface area contributed by atoms with Gasteiger partial charge in [0.2, 0.25) is 5.66 Å². The summed E-state index contributed by atoms with van der Waals surface area (Å²) >= 11 is 0. The van der Waals surface area contributed by atoms with Gasteiger partial charge < -0.3 is 9.84 Å². The van der Waals surface area contributed by atoms with E-state index in [4.69, 9.17) is 11.4 Å². The number of halogens is 1. The van der Waals surface area contributed by atoms with Crippen LogP contribution in [0, 0.1) is 18.3 Å². The van der Waals surface area contributed by atoms with E-state index in [0.717, 1.165) is 18.4 Å². The Morgan fingerprint density at radius 1 is 1.18 bits per heavy atom. The Labute approximate surface area is 197 Å². The van der Waals surface area contributed by atoms with Crippen LogP contribution in [0.15, 0.2) is 60.7 Å². The van der Waals surface area contributed by atoms with E-state index >= 15 is 0 Å². The second-order valence-corrected chi connectivity index (χ2v) is 9.27. The fourth-order valence-corrected chi connectivity index (χ4v) is 4.91. The smallest absolute Gasteiger partial charge is 0.387 e. The number of aliphatic hydroxyl groups is 1. The Morgan fingerprint density at radius 3 is 2.44 bits per heavy atom. The first-order valence-corrected chi connectivity index (χ1v) is 12.0. The number of aromatic nitrogens is 1. The van der Waals surface area contributed by atoms with Crippen LogP contribution >= 0.6 is 8.03 Å². The number of terminal acetylenes is 1. The molecule has 0 aliphatic heterocycles. The fourth-order valence-electron chi connectivity index (χ4n) is 4.02. The van der Waals surface area contributed by atoms with Crippen molar-refractivity contribution >= 4 is 14.0 Å². The second kappa shape index (κ2) is 10.2. The molecule has 0 radical (unpaired) electrons. The van der Waals surface area contributed by atoms with Crippen molar-refractivity contribution in [3.8, 4) is 34.9 Å². The van der Waals surface area contributed by atoms with Gasteiger partial charge in [-0.1, -0.05) is 48.9 Å². The molecule has 6 nitrogen and oxygen atoms in total. The number of esters is 1. The zero-order chi connectivity index (χ0) is 24.2. The number of rotatable bonds is 8. The third kappa shape index (κ3) is 5.21. The van der Waals surface area contributed by atoms with Crippen LogP contribution in [0.5, 0.6) is 0 Å². The molecule has 1 saturated carbocycles. The van der Waals surface area contributed by atoms with E-state index in [1.807, 2.05) is 30.3 Å². The van der Waals surface area contributed by atoms with E-state index in [1.54, 1.807) is 24.3 Å². The summed E-state index contributed by atoms with van der Waals surface area (Å²) in [6.07, 6.45) is 6.30. The molecular weight excluding hydrogens is 456 g/mol. The summed E-state index contributed by atoms with van der Waals surface area (Å²) < 4.78 is 30.7. The fraction of sp³-hybridized carbons (Fsp3) is 0.231. The van der Waals surface area contributed by atoms with Gasteiger partial charge >= 0.3 is 14.0 Å². The van der Waals surface area contributed by atoms with Gasteiger partial charge in [-0.05, 0) is 46.7 Å². The van der Waals surface area contributed by atoms with Gasteiger partial charge in [0.1, 0.15) is 18.0 Å². The number of carbonyl (C=O) groups excluding carboxylic acids is 1. The van der Waals surface area contributed by atoms with Gasteiger partial charge in [0.15, 0.2) is 0 Å². The zero-order valence-corrected chi connectivity index (χ0v) is 19.0. The van der Waals surface area contributed by atoms with Crippen molar-refractivity contribution < 1.29 is 28.5 Å². The second-order valence-electron chi connectivity index (χ2n) is 8.11. The predicted octanol–water partition coefficient (Wildman–Crippen LogP) is 5.09. The molecule has 3 unspecified atom stereocenters. The number of hydrogen-bond acceptors (Lipinski definition) is 5. The van der Waals surface area contributed by atoms with Crippen LogP contribution in [-0.4, -0.2) is 27.1 Å². The van der Waals surface area contributed by atoms with E-state index in [1.165, 1.54) is 12.1 Å². The lowest BCUT2D eigenvalue weighted by Crippen LogP contribution is -2.23. The largest absolute Gasteiger partial charge is 0.516 e. The Kier molecular flexibility index (Phi) is 7.14. The molecular formula is C26H22FNO5P+. The van der Waals surface area contributed by atoms with E-state index < -0.39 is 38.0 Å². The molecule has 2 aromatic carbocycles. The summed E-state index contributed by atoms with van der Waals surface area (Å²) in [6.45, 7) is 0. The van der Waals surface area contributed by atoms with Crippen LogP contribution in [0.4, 0.5) is 4.39 Å². The van der Waals surface area contributed by atoms with Crippen molar-refractivity contribution in [1.82, 2.24) is 4.98 Å². The third-order valence-electron chi connectivity index (χ3n) is 5.72. The lowest BCUT2D eigenvalue weighted by Gasteiger charge is -2.20. The number of ether oxygens (including phenoxy) is 1. The minimum atomic E-state index is -2.98. The summed E-state index contributed by atoms with van der Waals surface area (Å²) in [6, 6.07) is 17.0. The standard InChI is InChI=1S/C26H21FNO5P/c1-2-33-23(30)15-22(29)26(34(31)32)24-20(16-10-12-19(27)13-11-16)14-21(17-6-4-3-5-7-17)28-25(24)18-8-9-18/h1,3-7,10-14,18,22,26,29H,8-9,15H2/p+1. The molecule has 34 heavy (non-hydrogen) atoms. The van der Waals surface area contributed by atoms with Gasteiger partial charge in [0, 0.05) is 17.0 Å². The number of pyridine rings is 1. The molecule has 1 aliphatic rings. The highest BCUT2D eigenvalue weighted by molar-refractivity contribution is 7.38. The summed E-state index contributed by atoms with van der Waals surface area (Å²) in [5.74, 6) is -1.27. The van der Waals surface area contributed by atoms with Crippen molar-refractivity contribution in [2.45, 2.75) is 36.9 Å². The van der Waals surface area contributed by atoms with Crippen LogP contribution in [0.2, 0.25) is 0 Å². The Balaban J connectivity index is 1.94. The molecule has 0 spiro atoms. The van der Waals surface area contributed by atoms with Gasteiger partial charge in [0.05, 0.1) is 17.8 Å². The molecule has 8 heteroatoms. The normalized spacial score (nSPS) is 15.2. The van der Waals surface area contributed by atoms with E-state index in [9.17, 15) is 23.7 Å². The average molecular weight is 478 g/mol. The molecule has 3 atom stereocenters. The zero-order valence-electron chi connectivity index (χ0n) is 18.1. The monoisotopic (exact) mass is 478 g/mol. The lowest BCUT2D eigenvalue weighted by atomic mass is 9.90. The van der Waals surface area contributed by atoms with E-state index in [0.29, 0.717) is 28.1 Å². The van der Waals surface area contributed by atoms with Crippen LogP contribution < -0.4 is 0 Å². The highest BCUT2D eigenvalue weighted by Crippen LogP contribution is 2.52. The maximum absolute atomic E-state index is 13.7. The van der Waals surface area contributed by atoms with E-state index in [2.05, 4.69) is 4.74 Å². The minimum Gasteiger partial charge on any atom is -0.387 e. The maximum Gasteiger partial charge on any atom is 0.516 e. The maximum atomic E-state index is 13.7. The van der Waals surface area contributed by atoms with Crippen LogP contribution in [0.1, 0.15) is 42.1 Å². The molecule has 2 N–H and O–H groups in total. The Morgan fingerprint density at radius 2 is 1.85 bits per heavy atom. The Bertz CT molecular complexity index is 1250. The van der Waals surface area contributed by atoms with Crippen molar-refractivity contribution in [1.29, 1.82) is 0 Å². The SMILES string of the molecule is C#COC(=O)CC(O)C(c1c(-c2ccc(F)cc2)cc(-c2ccccc2)nc1C1CC1)[P+](=O)O. The summed E-state index contributed by atoms with van der Waals surface area (Å²) in [5.41, 5.74) is 2.28. The number of hydrogen-bond donors (Lipinski definition) is 2.